The largest absolute Gasteiger partial charge is 0.397 e. The number of carbonyl (C=O) groups is 1. The highest BCUT2D eigenvalue weighted by Crippen LogP contribution is 2.33. The lowest BCUT2D eigenvalue weighted by Gasteiger charge is -2.26. The first-order valence-corrected chi connectivity index (χ1v) is 7.07. The van der Waals surface area contributed by atoms with Crippen LogP contribution in [0.1, 0.15) is 19.4 Å². The first-order chi connectivity index (χ1) is 9.52. The van der Waals surface area contributed by atoms with E-state index >= 15 is 0 Å². The summed E-state index contributed by atoms with van der Waals surface area (Å²) in [6, 6.07) is 5.95. The molecule has 2 N–H and O–H groups in total. The van der Waals surface area contributed by atoms with Crippen molar-refractivity contribution in [2.24, 2.45) is 0 Å². The number of fused-ring (bicyclic) bond motifs is 1. The minimum Gasteiger partial charge on any atom is -0.397 e. The van der Waals surface area contributed by atoms with Gasteiger partial charge in [-0.05, 0) is 31.9 Å². The monoisotopic (exact) mass is 273 g/mol. The van der Waals surface area contributed by atoms with Crippen molar-refractivity contribution in [2.45, 2.75) is 20.3 Å². The molecule has 2 rings (SSSR count). The second kappa shape index (κ2) is 5.99. The summed E-state index contributed by atoms with van der Waals surface area (Å²) in [6.45, 7) is 10.4. The Kier molecular flexibility index (Phi) is 4.32. The number of nitrogen functional groups attached to an aromatic ring is 1. The molecule has 0 bridgehead atoms. The molecule has 0 radical (unpaired) electrons. The fraction of sp³-hybridized carbons (Fsp3) is 0.438. The van der Waals surface area contributed by atoms with E-state index in [9.17, 15) is 4.79 Å². The predicted molar refractivity (Wildman–Crippen MR) is 83.8 cm³/mol. The molecule has 0 aliphatic carbocycles. The van der Waals surface area contributed by atoms with Gasteiger partial charge in [-0.1, -0.05) is 24.3 Å². The van der Waals surface area contributed by atoms with Crippen LogP contribution in [0, 0.1) is 0 Å². The number of benzene rings is 1. The molecule has 1 aromatic rings. The number of likely N-dealkylation sites (N-methyl/N-ethyl adjacent to an activating group) is 1. The summed E-state index contributed by atoms with van der Waals surface area (Å²) in [7, 11) is 0. The normalized spacial score (nSPS) is 13.2. The average molecular weight is 273 g/mol. The highest BCUT2D eigenvalue weighted by molar-refractivity contribution is 5.85. The van der Waals surface area contributed by atoms with Crippen LogP contribution in [0.5, 0.6) is 0 Å². The fourth-order valence-electron chi connectivity index (χ4n) is 2.69. The molecule has 1 aliphatic rings. The molecule has 0 fully saturated rings. The molecule has 0 spiro atoms. The van der Waals surface area contributed by atoms with Crippen LogP contribution in [-0.4, -0.2) is 37.0 Å². The van der Waals surface area contributed by atoms with Gasteiger partial charge in [0.25, 0.3) is 0 Å². The van der Waals surface area contributed by atoms with Crippen molar-refractivity contribution < 1.29 is 4.79 Å². The van der Waals surface area contributed by atoms with E-state index in [2.05, 4.69) is 17.5 Å². The molecule has 1 heterocycles. The number of rotatable bonds is 5. The van der Waals surface area contributed by atoms with Crippen LogP contribution < -0.4 is 10.6 Å². The number of nitrogens with two attached hydrogens (primary N) is 1. The Bertz CT molecular complexity index is 524. The first-order valence-electron chi connectivity index (χ1n) is 7.07. The van der Waals surface area contributed by atoms with Gasteiger partial charge in [-0.2, -0.15) is 0 Å². The molecule has 108 valence electrons. The third kappa shape index (κ3) is 2.95. The molecular formula is C16H23N3O. The Labute approximate surface area is 120 Å². The molecule has 1 aliphatic heterocycles. The van der Waals surface area contributed by atoms with E-state index in [1.165, 1.54) is 5.56 Å². The standard InChI is InChI=1S/C16H23N3O/c1-4-18(10-12(2)3)15(20)11-19-9-8-13-6-5-7-14(17)16(13)19/h5-7H,2,4,8-11,17H2,1,3H3. The van der Waals surface area contributed by atoms with E-state index in [1.54, 1.807) is 0 Å². The molecule has 0 saturated heterocycles. The van der Waals surface area contributed by atoms with Crippen molar-refractivity contribution in [3.63, 3.8) is 0 Å². The van der Waals surface area contributed by atoms with Gasteiger partial charge in [0.05, 0.1) is 17.9 Å². The van der Waals surface area contributed by atoms with Crippen LogP contribution in [-0.2, 0) is 11.2 Å². The number of hydrogen-bond donors (Lipinski definition) is 1. The van der Waals surface area contributed by atoms with Gasteiger partial charge in [-0.15, -0.1) is 0 Å². The number of hydrogen-bond acceptors (Lipinski definition) is 3. The molecule has 20 heavy (non-hydrogen) atoms. The van der Waals surface area contributed by atoms with E-state index in [0.29, 0.717) is 19.6 Å². The Morgan fingerprint density at radius 2 is 2.25 bits per heavy atom. The maximum absolute atomic E-state index is 12.4. The fourth-order valence-corrected chi connectivity index (χ4v) is 2.69. The van der Waals surface area contributed by atoms with Crippen molar-refractivity contribution in [2.75, 3.05) is 36.8 Å². The maximum atomic E-state index is 12.4. The summed E-state index contributed by atoms with van der Waals surface area (Å²) in [4.78, 5) is 16.3. The summed E-state index contributed by atoms with van der Waals surface area (Å²) >= 11 is 0. The number of anilines is 2. The minimum absolute atomic E-state index is 0.131. The zero-order chi connectivity index (χ0) is 14.7. The third-order valence-corrected chi connectivity index (χ3v) is 3.64. The quantitative estimate of drug-likeness (QED) is 0.660. The summed E-state index contributed by atoms with van der Waals surface area (Å²) in [5.74, 6) is 0.131. The second-order valence-electron chi connectivity index (χ2n) is 5.39. The molecule has 0 aromatic heterocycles. The topological polar surface area (TPSA) is 49.6 Å². The summed E-state index contributed by atoms with van der Waals surface area (Å²) in [5.41, 5.74) is 10.1. The molecule has 4 nitrogen and oxygen atoms in total. The Balaban J connectivity index is 2.09. The lowest BCUT2D eigenvalue weighted by atomic mass is 10.1. The maximum Gasteiger partial charge on any atom is 0.242 e. The Morgan fingerprint density at radius 1 is 1.50 bits per heavy atom. The Morgan fingerprint density at radius 3 is 2.90 bits per heavy atom. The van der Waals surface area contributed by atoms with Crippen LogP contribution in [0.15, 0.2) is 30.4 Å². The summed E-state index contributed by atoms with van der Waals surface area (Å²) < 4.78 is 0. The highest BCUT2D eigenvalue weighted by Gasteiger charge is 2.24. The lowest BCUT2D eigenvalue weighted by molar-refractivity contribution is -0.129. The number of para-hydroxylation sites is 1. The van der Waals surface area contributed by atoms with Crippen LogP contribution >= 0.6 is 0 Å². The zero-order valence-corrected chi connectivity index (χ0v) is 12.4. The van der Waals surface area contributed by atoms with Crippen molar-refractivity contribution in [3.8, 4) is 0 Å². The predicted octanol–water partition coefficient (Wildman–Crippen LogP) is 2.06. The van der Waals surface area contributed by atoms with Crippen LogP contribution in [0.4, 0.5) is 11.4 Å². The van der Waals surface area contributed by atoms with Crippen LogP contribution in [0.2, 0.25) is 0 Å². The van der Waals surface area contributed by atoms with Gasteiger partial charge in [0.2, 0.25) is 5.91 Å². The van der Waals surface area contributed by atoms with Gasteiger partial charge in [0, 0.05) is 19.6 Å². The molecule has 0 unspecified atom stereocenters. The van der Waals surface area contributed by atoms with Crippen molar-refractivity contribution in [1.82, 2.24) is 4.90 Å². The van der Waals surface area contributed by atoms with Crippen LogP contribution in [0.25, 0.3) is 0 Å². The smallest absolute Gasteiger partial charge is 0.242 e. The lowest BCUT2D eigenvalue weighted by Crippen LogP contribution is -2.40. The Hall–Kier alpha value is -1.97. The number of nitrogens with zero attached hydrogens (tertiary/aromatic N) is 2. The van der Waals surface area contributed by atoms with E-state index in [-0.39, 0.29) is 5.91 Å². The first kappa shape index (κ1) is 14.4. The molecular weight excluding hydrogens is 250 g/mol. The van der Waals surface area contributed by atoms with Gasteiger partial charge in [0.15, 0.2) is 0 Å². The van der Waals surface area contributed by atoms with Crippen molar-refractivity contribution in [3.05, 3.63) is 35.9 Å². The summed E-state index contributed by atoms with van der Waals surface area (Å²) in [5, 5.41) is 0. The van der Waals surface area contributed by atoms with Crippen molar-refractivity contribution >= 4 is 17.3 Å². The van der Waals surface area contributed by atoms with Crippen molar-refractivity contribution in [1.29, 1.82) is 0 Å². The SMILES string of the molecule is C=C(C)CN(CC)C(=O)CN1CCc2cccc(N)c21. The number of amides is 1. The zero-order valence-electron chi connectivity index (χ0n) is 12.4. The molecule has 0 saturated carbocycles. The molecule has 1 aromatic carbocycles. The minimum atomic E-state index is 0.131. The van der Waals surface area contributed by atoms with E-state index in [4.69, 9.17) is 5.73 Å². The molecule has 0 atom stereocenters. The van der Waals surface area contributed by atoms with Gasteiger partial charge in [-0.25, -0.2) is 0 Å². The van der Waals surface area contributed by atoms with Crippen LogP contribution in [0.3, 0.4) is 0 Å². The highest BCUT2D eigenvalue weighted by atomic mass is 16.2. The molecule has 4 heteroatoms. The van der Waals surface area contributed by atoms with Gasteiger partial charge in [-0.3, -0.25) is 4.79 Å². The molecule has 1 amide bonds. The van der Waals surface area contributed by atoms with E-state index < -0.39 is 0 Å². The average Bonchev–Trinajstić information content (AvgIpc) is 2.80. The summed E-state index contributed by atoms with van der Waals surface area (Å²) in [6.07, 6.45) is 0.959. The van der Waals surface area contributed by atoms with E-state index in [1.807, 2.05) is 30.9 Å². The van der Waals surface area contributed by atoms with E-state index in [0.717, 1.165) is 29.9 Å². The number of carbonyl (C=O) groups excluding carboxylic acids is 1. The van der Waals surface area contributed by atoms with Gasteiger partial charge < -0.3 is 15.5 Å². The second-order valence-corrected chi connectivity index (χ2v) is 5.39. The van der Waals surface area contributed by atoms with Gasteiger partial charge in [0.1, 0.15) is 0 Å². The third-order valence-electron chi connectivity index (χ3n) is 3.64. The van der Waals surface area contributed by atoms with Gasteiger partial charge >= 0.3 is 0 Å².